The third kappa shape index (κ3) is 3.83. The van der Waals surface area contributed by atoms with Crippen LogP contribution < -0.4 is 0 Å². The van der Waals surface area contributed by atoms with Crippen LogP contribution in [0.15, 0.2) is 158 Å². The molecule has 5 heteroatoms. The zero-order valence-electron chi connectivity index (χ0n) is 19.2. The Morgan fingerprint density at radius 2 is 1.00 bits per heavy atom. The Hall–Kier alpha value is -5.03. The first-order valence-electron chi connectivity index (χ1n) is 11.7. The number of nitrogens with zero attached hydrogens (tertiary/aromatic N) is 5. The number of hydrogen-bond donors (Lipinski definition) is 0. The largest absolute Gasteiger partial charge is 0.265 e. The van der Waals surface area contributed by atoms with Gasteiger partial charge in [0.2, 0.25) is 0 Å². The highest BCUT2D eigenvalue weighted by Gasteiger charge is 2.20. The van der Waals surface area contributed by atoms with E-state index in [9.17, 15) is 0 Å². The molecule has 5 nitrogen and oxygen atoms in total. The summed E-state index contributed by atoms with van der Waals surface area (Å²) in [6.45, 7) is 0. The molecule has 168 valence electrons. The van der Waals surface area contributed by atoms with Crippen molar-refractivity contribution in [3.8, 4) is 11.1 Å². The second kappa shape index (κ2) is 8.32. The average Bonchev–Trinajstić information content (AvgIpc) is 3.70. The van der Waals surface area contributed by atoms with E-state index < -0.39 is 0 Å². The van der Waals surface area contributed by atoms with E-state index in [1.807, 2.05) is 85.3 Å². The molecule has 0 saturated heterocycles. The molecule has 0 saturated carbocycles. The van der Waals surface area contributed by atoms with E-state index in [2.05, 4.69) is 40.3 Å². The molecule has 1 aromatic carbocycles. The monoisotopic (exact) mass is 461 g/mol. The van der Waals surface area contributed by atoms with Gasteiger partial charge < -0.3 is 0 Å². The quantitative estimate of drug-likeness (QED) is 0.528. The van der Waals surface area contributed by atoms with Gasteiger partial charge in [0.05, 0.1) is 45.6 Å². The lowest BCUT2D eigenvalue weighted by atomic mass is 9.92. The summed E-state index contributed by atoms with van der Waals surface area (Å²) in [5, 5.41) is 0. The van der Waals surface area contributed by atoms with Crippen LogP contribution in [0.25, 0.3) is 16.7 Å². The molecule has 0 fully saturated rings. The van der Waals surface area contributed by atoms with E-state index >= 15 is 0 Å². The smallest absolute Gasteiger partial charge is 0.0737 e. The molecular weight excluding hydrogens is 442 g/mol. The van der Waals surface area contributed by atoms with E-state index in [1.165, 1.54) is 0 Å². The molecule has 7 rings (SSSR count). The fourth-order valence-electron chi connectivity index (χ4n) is 4.61. The van der Waals surface area contributed by atoms with Gasteiger partial charge in [-0.2, -0.15) is 0 Å². The van der Waals surface area contributed by atoms with Gasteiger partial charge in [-0.3, -0.25) is 4.98 Å². The number of aliphatic imine (C=N–C) groups is 4. The summed E-state index contributed by atoms with van der Waals surface area (Å²) in [6.07, 6.45) is 25.8. The second-order valence-corrected chi connectivity index (χ2v) is 8.72. The van der Waals surface area contributed by atoms with E-state index in [1.54, 1.807) is 0 Å². The second-order valence-electron chi connectivity index (χ2n) is 8.72. The molecule has 0 amide bonds. The lowest BCUT2D eigenvalue weighted by molar-refractivity contribution is 1.33. The summed E-state index contributed by atoms with van der Waals surface area (Å²) in [7, 11) is 0. The van der Waals surface area contributed by atoms with Crippen LogP contribution in [0, 0.1) is 0 Å². The Labute approximate surface area is 208 Å². The van der Waals surface area contributed by atoms with Crippen molar-refractivity contribution in [1.82, 2.24) is 4.98 Å². The predicted octanol–water partition coefficient (Wildman–Crippen LogP) is 6.17. The van der Waals surface area contributed by atoms with Gasteiger partial charge in [0.1, 0.15) is 0 Å². The van der Waals surface area contributed by atoms with Crippen molar-refractivity contribution in [3.05, 3.63) is 144 Å². The first kappa shape index (κ1) is 20.4. The molecule has 0 radical (unpaired) electrons. The third-order valence-corrected chi connectivity index (χ3v) is 6.25. The Morgan fingerprint density at radius 1 is 0.444 bits per heavy atom. The molecule has 2 aromatic rings. The predicted molar refractivity (Wildman–Crippen MR) is 147 cm³/mol. The summed E-state index contributed by atoms with van der Waals surface area (Å²) >= 11 is 0. The summed E-state index contributed by atoms with van der Waals surface area (Å²) in [4.78, 5) is 23.4. The lowest BCUT2D eigenvalue weighted by Crippen LogP contribution is -1.98. The van der Waals surface area contributed by atoms with E-state index in [0.29, 0.717) is 0 Å². The first-order chi connectivity index (χ1) is 17.8. The van der Waals surface area contributed by atoms with Crippen molar-refractivity contribution < 1.29 is 0 Å². The van der Waals surface area contributed by atoms with Crippen molar-refractivity contribution in [2.24, 2.45) is 20.0 Å². The highest BCUT2D eigenvalue weighted by molar-refractivity contribution is 6.33. The van der Waals surface area contributed by atoms with Crippen LogP contribution in [-0.2, 0) is 0 Å². The van der Waals surface area contributed by atoms with Crippen molar-refractivity contribution in [3.63, 3.8) is 0 Å². The Balaban J connectivity index is 1.39. The van der Waals surface area contributed by atoms with Crippen LogP contribution in [0.4, 0.5) is 0 Å². The van der Waals surface area contributed by atoms with Gasteiger partial charge >= 0.3 is 0 Å². The van der Waals surface area contributed by atoms with E-state index in [-0.39, 0.29) is 0 Å². The number of pyridine rings is 1. The number of hydrogen-bond acceptors (Lipinski definition) is 5. The van der Waals surface area contributed by atoms with Crippen LogP contribution in [0.3, 0.4) is 0 Å². The molecular formula is C31H19N5. The van der Waals surface area contributed by atoms with Gasteiger partial charge in [-0.15, -0.1) is 0 Å². The standard InChI is InChI=1S/C31H19N5/c1-2-4-29(28(3-1)20-11-13-32-14-12-20)30-18-27-17-25-8-7-23(34-25)15-21-5-6-22(33-21)16-24-9-10-26(35-24)19-31(30)36-27/h1-19H. The molecule has 0 aliphatic carbocycles. The maximum atomic E-state index is 4.99. The van der Waals surface area contributed by atoms with Crippen LogP contribution in [-0.4, -0.2) is 27.8 Å². The Bertz CT molecular complexity index is 1690. The molecule has 1 aromatic heterocycles. The van der Waals surface area contributed by atoms with Gasteiger partial charge in [-0.1, -0.05) is 24.3 Å². The number of benzene rings is 1. The summed E-state index contributed by atoms with van der Waals surface area (Å²) in [6, 6.07) is 12.5. The third-order valence-electron chi connectivity index (χ3n) is 6.25. The topological polar surface area (TPSA) is 62.3 Å². The van der Waals surface area contributed by atoms with Gasteiger partial charge in [0.15, 0.2) is 0 Å². The summed E-state index contributed by atoms with van der Waals surface area (Å²) in [5.74, 6) is 0. The fourth-order valence-corrected chi connectivity index (χ4v) is 4.61. The minimum Gasteiger partial charge on any atom is -0.265 e. The van der Waals surface area contributed by atoms with Gasteiger partial charge in [-0.25, -0.2) is 20.0 Å². The van der Waals surface area contributed by atoms with Crippen molar-refractivity contribution >= 4 is 28.4 Å². The van der Waals surface area contributed by atoms with Crippen LogP contribution >= 0.6 is 0 Å². The number of fused-ring (bicyclic) bond motifs is 4. The van der Waals surface area contributed by atoms with Crippen LogP contribution in [0.5, 0.6) is 0 Å². The first-order valence-corrected chi connectivity index (χ1v) is 11.7. The molecule has 5 aliphatic heterocycles. The van der Waals surface area contributed by atoms with Crippen LogP contribution in [0.1, 0.15) is 5.56 Å². The van der Waals surface area contributed by atoms with Gasteiger partial charge in [-0.05, 0) is 95.7 Å². The zero-order valence-corrected chi connectivity index (χ0v) is 19.2. The average molecular weight is 462 g/mol. The van der Waals surface area contributed by atoms with Crippen molar-refractivity contribution in [1.29, 1.82) is 0 Å². The maximum Gasteiger partial charge on any atom is 0.0737 e. The maximum absolute atomic E-state index is 4.99. The molecule has 8 bridgehead atoms. The molecule has 0 spiro atoms. The van der Waals surface area contributed by atoms with E-state index in [4.69, 9.17) is 15.0 Å². The molecule has 0 unspecified atom stereocenters. The number of allylic oxidation sites excluding steroid dienone is 12. The van der Waals surface area contributed by atoms with E-state index in [0.717, 1.165) is 67.9 Å². The minimum atomic E-state index is 0.851. The molecule has 6 heterocycles. The van der Waals surface area contributed by atoms with Crippen LogP contribution in [0.2, 0.25) is 0 Å². The lowest BCUT2D eigenvalue weighted by Gasteiger charge is -2.11. The highest BCUT2D eigenvalue weighted by atomic mass is 14.8. The van der Waals surface area contributed by atoms with Gasteiger partial charge in [0.25, 0.3) is 0 Å². The molecule has 0 atom stereocenters. The zero-order chi connectivity index (χ0) is 23.9. The summed E-state index contributed by atoms with van der Waals surface area (Å²) in [5.41, 5.74) is 11.3. The number of aromatic nitrogens is 1. The Kier molecular flexibility index (Phi) is 4.71. The molecule has 0 N–H and O–H groups in total. The van der Waals surface area contributed by atoms with Crippen molar-refractivity contribution in [2.45, 2.75) is 0 Å². The normalized spacial score (nSPS) is 19.2. The number of rotatable bonds is 2. The van der Waals surface area contributed by atoms with Gasteiger partial charge in [0, 0.05) is 18.0 Å². The molecule has 36 heavy (non-hydrogen) atoms. The summed E-state index contributed by atoms with van der Waals surface area (Å²) < 4.78 is 0. The molecule has 5 aliphatic rings. The van der Waals surface area contributed by atoms with Crippen molar-refractivity contribution in [2.75, 3.05) is 0 Å². The fraction of sp³-hybridized carbons (Fsp3) is 0. The Morgan fingerprint density at radius 3 is 1.64 bits per heavy atom. The minimum absolute atomic E-state index is 0.851. The highest BCUT2D eigenvalue weighted by Crippen LogP contribution is 2.34. The SMILES string of the molecule is C1=CC2=NC1=CC1=NC(=CC3=NC(=CC4=NC(=C2)C=C4)C=C3c2ccccc2-c2ccncc2)C=C1.